The Morgan fingerprint density at radius 3 is 2.95 bits per heavy atom. The quantitative estimate of drug-likeness (QED) is 0.823. The highest BCUT2D eigenvalue weighted by Crippen LogP contribution is 2.39. The number of nitrogens with zero attached hydrogens (tertiary/aromatic N) is 1. The van der Waals surface area contributed by atoms with Crippen LogP contribution < -0.4 is 5.32 Å². The van der Waals surface area contributed by atoms with Crippen molar-refractivity contribution in [3.05, 3.63) is 50.3 Å². The van der Waals surface area contributed by atoms with Gasteiger partial charge in [0.15, 0.2) is 0 Å². The maximum absolute atomic E-state index is 12.4. The highest BCUT2D eigenvalue weighted by molar-refractivity contribution is 9.10. The zero-order chi connectivity index (χ0) is 15.7. The molecule has 5 heteroatoms. The van der Waals surface area contributed by atoms with E-state index >= 15 is 0 Å². The zero-order valence-electron chi connectivity index (χ0n) is 12.1. The van der Waals surface area contributed by atoms with Gasteiger partial charge in [-0.3, -0.25) is 4.79 Å². The van der Waals surface area contributed by atoms with Crippen LogP contribution in [0.5, 0.6) is 0 Å². The van der Waals surface area contributed by atoms with Gasteiger partial charge in [-0.15, -0.1) is 11.3 Å². The molecule has 0 saturated carbocycles. The average Bonchev–Trinajstić information content (AvgIpc) is 2.83. The summed E-state index contributed by atoms with van der Waals surface area (Å²) in [5.74, 6) is 0.458. The molecular weight excluding hydrogens is 360 g/mol. The average molecular weight is 375 g/mol. The van der Waals surface area contributed by atoms with E-state index in [1.54, 1.807) is 17.4 Å². The molecule has 1 aliphatic carbocycles. The van der Waals surface area contributed by atoms with E-state index in [-0.39, 0.29) is 5.91 Å². The molecule has 22 heavy (non-hydrogen) atoms. The minimum absolute atomic E-state index is 0.185. The first-order chi connectivity index (χ1) is 10.6. The van der Waals surface area contributed by atoms with Gasteiger partial charge in [-0.05, 0) is 58.8 Å². The molecule has 3 rings (SSSR count). The number of thiophene rings is 1. The lowest BCUT2D eigenvalue weighted by atomic mass is 9.88. The number of hydrogen-bond acceptors (Lipinski definition) is 3. The summed E-state index contributed by atoms with van der Waals surface area (Å²) in [5, 5.41) is 13.1. The Labute approximate surface area is 142 Å². The molecule has 0 bridgehead atoms. The summed E-state index contributed by atoms with van der Waals surface area (Å²) in [6, 6.07) is 9.57. The van der Waals surface area contributed by atoms with Gasteiger partial charge in [0.25, 0.3) is 5.91 Å². The molecular formula is C17H15BrN2OS. The molecule has 1 aliphatic rings. The second kappa shape index (κ2) is 6.23. The zero-order valence-corrected chi connectivity index (χ0v) is 14.6. The standard InChI is InChI=1S/C17H15BrN2OS/c1-10-6-7-11-13(9-19)17(22-15(11)8-10)20-16(21)12-4-2-3-5-14(12)18/h2-5,10H,6-8H2,1H3,(H,20,21). The molecule has 0 aliphatic heterocycles. The van der Waals surface area contributed by atoms with Crippen LogP contribution in [0.25, 0.3) is 0 Å². The van der Waals surface area contributed by atoms with Crippen LogP contribution in [0.3, 0.4) is 0 Å². The smallest absolute Gasteiger partial charge is 0.257 e. The third kappa shape index (κ3) is 2.81. The summed E-state index contributed by atoms with van der Waals surface area (Å²) in [4.78, 5) is 13.7. The monoisotopic (exact) mass is 374 g/mol. The molecule has 1 atom stereocenters. The number of nitrogens with one attached hydrogen (secondary N) is 1. The van der Waals surface area contributed by atoms with E-state index in [9.17, 15) is 10.1 Å². The van der Waals surface area contributed by atoms with Crippen LogP contribution in [0.15, 0.2) is 28.7 Å². The molecule has 112 valence electrons. The van der Waals surface area contributed by atoms with Gasteiger partial charge in [-0.2, -0.15) is 5.26 Å². The van der Waals surface area contributed by atoms with E-state index in [1.807, 2.05) is 18.2 Å². The van der Waals surface area contributed by atoms with Gasteiger partial charge in [0, 0.05) is 9.35 Å². The van der Waals surface area contributed by atoms with E-state index < -0.39 is 0 Å². The topological polar surface area (TPSA) is 52.9 Å². The molecule has 0 radical (unpaired) electrons. The predicted octanol–water partition coefficient (Wildman–Crippen LogP) is 4.76. The molecule has 1 aromatic heterocycles. The number of anilines is 1. The summed E-state index contributed by atoms with van der Waals surface area (Å²) >= 11 is 4.94. The lowest BCUT2D eigenvalue weighted by molar-refractivity contribution is 0.102. The summed E-state index contributed by atoms with van der Waals surface area (Å²) in [7, 11) is 0. The molecule has 3 nitrogen and oxygen atoms in total. The van der Waals surface area contributed by atoms with Crippen molar-refractivity contribution in [3.8, 4) is 6.07 Å². The second-order valence-electron chi connectivity index (χ2n) is 5.60. The number of carbonyl (C=O) groups is 1. The van der Waals surface area contributed by atoms with E-state index in [1.165, 1.54) is 4.88 Å². The van der Waals surface area contributed by atoms with Crippen LogP contribution in [0, 0.1) is 17.2 Å². The molecule has 0 spiro atoms. The normalized spacial score (nSPS) is 16.7. The van der Waals surface area contributed by atoms with E-state index in [4.69, 9.17) is 0 Å². The third-order valence-electron chi connectivity index (χ3n) is 3.97. The van der Waals surface area contributed by atoms with Crippen molar-refractivity contribution in [1.82, 2.24) is 0 Å². The number of carbonyl (C=O) groups excluding carboxylic acids is 1. The molecule has 1 heterocycles. The summed E-state index contributed by atoms with van der Waals surface area (Å²) < 4.78 is 0.751. The molecule has 1 aromatic carbocycles. The number of halogens is 1. The van der Waals surface area contributed by atoms with Crippen LogP contribution in [0.4, 0.5) is 5.00 Å². The van der Waals surface area contributed by atoms with Crippen molar-refractivity contribution >= 4 is 38.2 Å². The SMILES string of the molecule is CC1CCc2c(sc(NC(=O)c3ccccc3Br)c2C#N)C1. The first kappa shape index (κ1) is 15.3. The van der Waals surface area contributed by atoms with Gasteiger partial charge in [0.1, 0.15) is 11.1 Å². The van der Waals surface area contributed by atoms with Crippen LogP contribution in [0.2, 0.25) is 0 Å². The molecule has 1 unspecified atom stereocenters. The minimum atomic E-state index is -0.185. The summed E-state index contributed by atoms with van der Waals surface area (Å²) in [6.07, 6.45) is 3.04. The van der Waals surface area contributed by atoms with Crippen molar-refractivity contribution in [2.24, 2.45) is 5.92 Å². The molecule has 1 amide bonds. The van der Waals surface area contributed by atoms with Gasteiger partial charge >= 0.3 is 0 Å². The number of benzene rings is 1. The Kier molecular flexibility index (Phi) is 4.32. The largest absolute Gasteiger partial charge is 0.312 e. The summed E-state index contributed by atoms with van der Waals surface area (Å²) in [5.41, 5.74) is 2.35. The lowest BCUT2D eigenvalue weighted by Crippen LogP contribution is -2.12. The van der Waals surface area contributed by atoms with Crippen LogP contribution >= 0.6 is 27.3 Å². The van der Waals surface area contributed by atoms with Gasteiger partial charge in [0.05, 0.1) is 11.1 Å². The van der Waals surface area contributed by atoms with Crippen molar-refractivity contribution in [1.29, 1.82) is 5.26 Å². The Morgan fingerprint density at radius 2 is 2.23 bits per heavy atom. The van der Waals surface area contributed by atoms with Crippen molar-refractivity contribution < 1.29 is 4.79 Å². The number of fused-ring (bicyclic) bond motifs is 1. The lowest BCUT2D eigenvalue weighted by Gasteiger charge is -2.17. The van der Waals surface area contributed by atoms with Crippen LogP contribution in [0.1, 0.15) is 39.7 Å². The molecule has 0 fully saturated rings. The predicted molar refractivity (Wildman–Crippen MR) is 92.3 cm³/mol. The van der Waals surface area contributed by atoms with E-state index in [0.717, 1.165) is 29.3 Å². The molecule has 1 N–H and O–H groups in total. The molecule has 2 aromatic rings. The van der Waals surface area contributed by atoms with E-state index in [0.29, 0.717) is 22.0 Å². The fourth-order valence-electron chi connectivity index (χ4n) is 2.77. The number of hydrogen-bond donors (Lipinski definition) is 1. The maximum atomic E-state index is 12.4. The Hall–Kier alpha value is -1.64. The van der Waals surface area contributed by atoms with Gasteiger partial charge in [-0.25, -0.2) is 0 Å². The van der Waals surface area contributed by atoms with Crippen molar-refractivity contribution in [2.45, 2.75) is 26.2 Å². The first-order valence-corrected chi connectivity index (χ1v) is 8.81. The Balaban J connectivity index is 1.92. The fourth-order valence-corrected chi connectivity index (χ4v) is 4.59. The van der Waals surface area contributed by atoms with Gasteiger partial charge in [0.2, 0.25) is 0 Å². The number of nitriles is 1. The van der Waals surface area contributed by atoms with E-state index in [2.05, 4.69) is 34.2 Å². The van der Waals surface area contributed by atoms with Gasteiger partial charge in [-0.1, -0.05) is 19.1 Å². The summed E-state index contributed by atoms with van der Waals surface area (Å²) in [6.45, 7) is 2.23. The highest BCUT2D eigenvalue weighted by Gasteiger charge is 2.25. The van der Waals surface area contributed by atoms with Crippen LogP contribution in [-0.2, 0) is 12.8 Å². The van der Waals surface area contributed by atoms with Gasteiger partial charge < -0.3 is 5.32 Å². The second-order valence-corrected chi connectivity index (χ2v) is 7.56. The van der Waals surface area contributed by atoms with Crippen molar-refractivity contribution in [3.63, 3.8) is 0 Å². The number of rotatable bonds is 2. The first-order valence-electron chi connectivity index (χ1n) is 7.20. The Morgan fingerprint density at radius 1 is 1.45 bits per heavy atom. The number of amides is 1. The third-order valence-corrected chi connectivity index (χ3v) is 5.83. The fraction of sp³-hybridized carbons (Fsp3) is 0.294. The maximum Gasteiger partial charge on any atom is 0.257 e. The highest BCUT2D eigenvalue weighted by atomic mass is 79.9. The van der Waals surface area contributed by atoms with Crippen molar-refractivity contribution in [2.75, 3.05) is 5.32 Å². The minimum Gasteiger partial charge on any atom is -0.312 e. The Bertz CT molecular complexity index is 775. The molecule has 0 saturated heterocycles. The van der Waals surface area contributed by atoms with Crippen LogP contribution in [-0.4, -0.2) is 5.91 Å².